The second-order valence-corrected chi connectivity index (χ2v) is 5.09. The molecule has 24 heavy (non-hydrogen) atoms. The van der Waals surface area contributed by atoms with Gasteiger partial charge in [-0.15, -0.1) is 0 Å². The van der Waals surface area contributed by atoms with E-state index in [1.54, 1.807) is 32.2 Å². The van der Waals surface area contributed by atoms with Gasteiger partial charge in [0.25, 0.3) is 0 Å². The number of aryl methyl sites for hydroxylation is 2. The van der Waals surface area contributed by atoms with Crippen molar-refractivity contribution in [2.24, 2.45) is 0 Å². The van der Waals surface area contributed by atoms with Crippen LogP contribution in [0, 0.1) is 24.0 Å². The molecule has 0 saturated carbocycles. The first-order valence-corrected chi connectivity index (χ1v) is 7.50. The fourth-order valence-electron chi connectivity index (χ4n) is 2.33. The summed E-state index contributed by atoms with van der Waals surface area (Å²) in [6, 6.07) is 3.40. The van der Waals surface area contributed by atoms with Gasteiger partial charge in [0.1, 0.15) is 17.1 Å². The monoisotopic (exact) mass is 333 g/mol. The molecule has 0 aromatic carbocycles. The first kappa shape index (κ1) is 17.4. The van der Waals surface area contributed by atoms with Crippen LogP contribution in [0.25, 0.3) is 0 Å². The molecule has 2 aromatic rings. The third-order valence-electron chi connectivity index (χ3n) is 3.40. The summed E-state index contributed by atoms with van der Waals surface area (Å²) in [6.45, 7) is 5.71. The van der Waals surface area contributed by atoms with E-state index in [4.69, 9.17) is 4.74 Å². The Morgan fingerprint density at radius 2 is 2.21 bits per heavy atom. The molecule has 0 atom stereocenters. The standard InChI is InChI=1S/C15H19N5O4/c1-4-24-15-12(6-5-8-16-15)17-13(21)7-9-19-11(3)14(20(22)23)10(2)18-19/h5-6,8H,4,7,9H2,1-3H3,(H,17,21). The molecule has 0 spiro atoms. The number of amides is 1. The van der Waals surface area contributed by atoms with Crippen LogP contribution >= 0.6 is 0 Å². The molecule has 0 unspecified atom stereocenters. The van der Waals surface area contributed by atoms with Gasteiger partial charge in [-0.25, -0.2) is 4.98 Å². The fourth-order valence-corrected chi connectivity index (χ4v) is 2.33. The molecular weight excluding hydrogens is 314 g/mol. The molecule has 0 radical (unpaired) electrons. The fraction of sp³-hybridized carbons (Fsp3) is 0.400. The number of rotatable bonds is 7. The highest BCUT2D eigenvalue weighted by Crippen LogP contribution is 2.23. The minimum absolute atomic E-state index is 0.0127. The van der Waals surface area contributed by atoms with Crippen LogP contribution in [0.2, 0.25) is 0 Å². The van der Waals surface area contributed by atoms with Gasteiger partial charge in [-0.3, -0.25) is 19.6 Å². The van der Waals surface area contributed by atoms with E-state index >= 15 is 0 Å². The van der Waals surface area contributed by atoms with Gasteiger partial charge in [0.2, 0.25) is 11.8 Å². The Morgan fingerprint density at radius 3 is 2.83 bits per heavy atom. The van der Waals surface area contributed by atoms with Crippen LogP contribution in [0.1, 0.15) is 24.7 Å². The van der Waals surface area contributed by atoms with Gasteiger partial charge in [0, 0.05) is 12.6 Å². The van der Waals surface area contributed by atoms with E-state index in [9.17, 15) is 14.9 Å². The van der Waals surface area contributed by atoms with Crippen LogP contribution in [0.15, 0.2) is 18.3 Å². The predicted octanol–water partition coefficient (Wildman–Crippen LogP) is 2.23. The molecular formula is C15H19N5O4. The number of aromatic nitrogens is 3. The van der Waals surface area contributed by atoms with Gasteiger partial charge >= 0.3 is 5.69 Å². The molecule has 9 heteroatoms. The molecule has 0 bridgehead atoms. The maximum Gasteiger partial charge on any atom is 0.312 e. The van der Waals surface area contributed by atoms with Gasteiger partial charge in [0.15, 0.2) is 0 Å². The molecule has 1 amide bonds. The summed E-state index contributed by atoms with van der Waals surface area (Å²) in [5.41, 5.74) is 1.25. The predicted molar refractivity (Wildman–Crippen MR) is 87.0 cm³/mol. The van der Waals surface area contributed by atoms with Crippen molar-refractivity contribution in [3.8, 4) is 5.88 Å². The average Bonchev–Trinajstić information content (AvgIpc) is 2.81. The van der Waals surface area contributed by atoms with Crippen molar-refractivity contribution in [3.63, 3.8) is 0 Å². The Bertz CT molecular complexity index is 756. The zero-order chi connectivity index (χ0) is 17.7. The van der Waals surface area contributed by atoms with Crippen molar-refractivity contribution < 1.29 is 14.5 Å². The number of nitro groups is 1. The van der Waals surface area contributed by atoms with Gasteiger partial charge in [-0.1, -0.05) is 0 Å². The molecule has 0 aliphatic carbocycles. The Balaban J connectivity index is 2.02. The van der Waals surface area contributed by atoms with Crippen LogP contribution in [-0.2, 0) is 11.3 Å². The van der Waals surface area contributed by atoms with Crippen molar-refractivity contribution >= 4 is 17.3 Å². The molecule has 2 aromatic heterocycles. The van der Waals surface area contributed by atoms with E-state index in [-0.39, 0.29) is 24.6 Å². The van der Waals surface area contributed by atoms with Crippen molar-refractivity contribution in [1.82, 2.24) is 14.8 Å². The van der Waals surface area contributed by atoms with Gasteiger partial charge in [-0.2, -0.15) is 5.10 Å². The molecule has 2 rings (SSSR count). The molecule has 0 aliphatic heterocycles. The number of carbonyl (C=O) groups excluding carboxylic acids is 1. The third-order valence-corrected chi connectivity index (χ3v) is 3.40. The van der Waals surface area contributed by atoms with E-state index in [2.05, 4.69) is 15.4 Å². The summed E-state index contributed by atoms with van der Waals surface area (Å²) < 4.78 is 6.82. The van der Waals surface area contributed by atoms with Gasteiger partial charge < -0.3 is 10.1 Å². The average molecular weight is 333 g/mol. The number of nitrogens with zero attached hydrogens (tertiary/aromatic N) is 4. The summed E-state index contributed by atoms with van der Waals surface area (Å²) in [6.07, 6.45) is 1.70. The lowest BCUT2D eigenvalue weighted by atomic mass is 10.3. The van der Waals surface area contributed by atoms with Crippen molar-refractivity contribution in [3.05, 3.63) is 39.8 Å². The third kappa shape index (κ3) is 3.86. The highest BCUT2D eigenvalue weighted by molar-refractivity contribution is 5.91. The molecule has 9 nitrogen and oxygen atoms in total. The van der Waals surface area contributed by atoms with Crippen LogP contribution in [-0.4, -0.2) is 32.2 Å². The quantitative estimate of drug-likeness (QED) is 0.614. The van der Waals surface area contributed by atoms with Crippen molar-refractivity contribution in [2.45, 2.75) is 33.7 Å². The summed E-state index contributed by atoms with van der Waals surface area (Å²) >= 11 is 0. The summed E-state index contributed by atoms with van der Waals surface area (Å²) in [7, 11) is 0. The highest BCUT2D eigenvalue weighted by Gasteiger charge is 2.21. The van der Waals surface area contributed by atoms with Gasteiger partial charge in [-0.05, 0) is 32.9 Å². The van der Waals surface area contributed by atoms with Crippen LogP contribution < -0.4 is 10.1 Å². The first-order chi connectivity index (χ1) is 11.4. The number of anilines is 1. The van der Waals surface area contributed by atoms with E-state index in [1.807, 2.05) is 6.92 Å². The molecule has 128 valence electrons. The normalized spacial score (nSPS) is 10.5. The second-order valence-electron chi connectivity index (χ2n) is 5.09. The number of hydrogen-bond donors (Lipinski definition) is 1. The van der Waals surface area contributed by atoms with Crippen LogP contribution in [0.4, 0.5) is 11.4 Å². The number of hydrogen-bond acceptors (Lipinski definition) is 6. The Hall–Kier alpha value is -2.97. The zero-order valence-electron chi connectivity index (χ0n) is 13.8. The lowest BCUT2D eigenvalue weighted by Gasteiger charge is -2.10. The van der Waals surface area contributed by atoms with Crippen molar-refractivity contribution in [1.29, 1.82) is 0 Å². The first-order valence-electron chi connectivity index (χ1n) is 7.50. The maximum atomic E-state index is 12.1. The Kier molecular flexibility index (Phi) is 5.46. The molecule has 0 aliphatic rings. The minimum atomic E-state index is -0.460. The summed E-state index contributed by atoms with van der Waals surface area (Å²) in [5, 5.41) is 17.8. The lowest BCUT2D eigenvalue weighted by molar-refractivity contribution is -0.386. The topological polar surface area (TPSA) is 112 Å². The smallest absolute Gasteiger partial charge is 0.312 e. The summed E-state index contributed by atoms with van der Waals surface area (Å²) in [5.74, 6) is 0.106. The van der Waals surface area contributed by atoms with Gasteiger partial charge in [0.05, 0.1) is 18.1 Å². The summed E-state index contributed by atoms with van der Waals surface area (Å²) in [4.78, 5) is 26.7. The van der Waals surface area contributed by atoms with E-state index < -0.39 is 4.92 Å². The number of nitrogens with one attached hydrogen (secondary N) is 1. The highest BCUT2D eigenvalue weighted by atomic mass is 16.6. The Morgan fingerprint density at radius 1 is 1.46 bits per heavy atom. The molecule has 0 saturated heterocycles. The number of ether oxygens (including phenoxy) is 1. The largest absolute Gasteiger partial charge is 0.476 e. The van der Waals surface area contributed by atoms with Crippen LogP contribution in [0.5, 0.6) is 5.88 Å². The molecule has 1 N–H and O–H groups in total. The van der Waals surface area contributed by atoms with E-state index in [0.29, 0.717) is 29.6 Å². The maximum absolute atomic E-state index is 12.1. The minimum Gasteiger partial charge on any atom is -0.476 e. The van der Waals surface area contributed by atoms with E-state index in [1.165, 1.54) is 4.68 Å². The van der Waals surface area contributed by atoms with E-state index in [0.717, 1.165) is 0 Å². The lowest BCUT2D eigenvalue weighted by Crippen LogP contribution is -2.16. The Labute approximate surface area is 138 Å². The van der Waals surface area contributed by atoms with Crippen LogP contribution in [0.3, 0.4) is 0 Å². The zero-order valence-corrected chi connectivity index (χ0v) is 13.8. The molecule has 0 fully saturated rings. The number of carbonyl (C=O) groups is 1. The molecule has 2 heterocycles. The SMILES string of the molecule is CCOc1ncccc1NC(=O)CCn1nc(C)c([N+](=O)[O-])c1C. The second kappa shape index (κ2) is 7.53. The van der Waals surface area contributed by atoms with Crippen molar-refractivity contribution in [2.75, 3.05) is 11.9 Å². The number of pyridine rings is 1.